The van der Waals surface area contributed by atoms with Crippen LogP contribution in [0.15, 0.2) is 0 Å². The highest BCUT2D eigenvalue weighted by molar-refractivity contribution is 4.92. The molecule has 5 N–H and O–H groups in total. The second kappa shape index (κ2) is 4.95. The van der Waals surface area contributed by atoms with E-state index >= 15 is 0 Å². The molecular formula is C10H21NO5. The van der Waals surface area contributed by atoms with E-state index in [1.54, 1.807) is 0 Å². The summed E-state index contributed by atoms with van der Waals surface area (Å²) in [6, 6.07) is -0.836. The molecule has 1 saturated heterocycles. The van der Waals surface area contributed by atoms with E-state index in [0.29, 0.717) is 0 Å². The topological polar surface area (TPSA) is 105 Å². The Morgan fingerprint density at radius 1 is 1.25 bits per heavy atom. The lowest BCUT2D eigenvalue weighted by Gasteiger charge is -2.42. The second-order valence-electron chi connectivity index (χ2n) is 5.01. The molecule has 16 heavy (non-hydrogen) atoms. The third kappa shape index (κ3) is 3.13. The van der Waals surface area contributed by atoms with Gasteiger partial charge >= 0.3 is 0 Å². The van der Waals surface area contributed by atoms with Crippen LogP contribution in [0.1, 0.15) is 20.8 Å². The fourth-order valence-corrected chi connectivity index (χ4v) is 1.56. The maximum atomic E-state index is 9.67. The van der Waals surface area contributed by atoms with Crippen molar-refractivity contribution in [2.75, 3.05) is 6.61 Å². The predicted octanol–water partition coefficient (Wildman–Crippen LogP) is -1.43. The van der Waals surface area contributed by atoms with Crippen molar-refractivity contribution in [3.05, 3.63) is 0 Å². The Balaban J connectivity index is 2.71. The average Bonchev–Trinajstić information content (AvgIpc) is 2.17. The predicted molar refractivity (Wildman–Crippen MR) is 56.6 cm³/mol. The number of aliphatic hydroxyl groups excluding tert-OH is 3. The van der Waals surface area contributed by atoms with Crippen LogP contribution in [0.4, 0.5) is 0 Å². The summed E-state index contributed by atoms with van der Waals surface area (Å²) < 4.78 is 10.8. The van der Waals surface area contributed by atoms with E-state index in [-0.39, 0.29) is 0 Å². The van der Waals surface area contributed by atoms with Gasteiger partial charge < -0.3 is 30.5 Å². The molecule has 0 aromatic carbocycles. The van der Waals surface area contributed by atoms with Gasteiger partial charge in [0.05, 0.1) is 18.2 Å². The normalized spacial score (nSPS) is 41.1. The van der Waals surface area contributed by atoms with E-state index in [0.717, 1.165) is 0 Å². The minimum Gasteiger partial charge on any atom is -0.394 e. The highest BCUT2D eigenvalue weighted by atomic mass is 16.7. The Hall–Kier alpha value is -0.240. The van der Waals surface area contributed by atoms with Crippen molar-refractivity contribution in [3.63, 3.8) is 0 Å². The van der Waals surface area contributed by atoms with E-state index in [2.05, 4.69) is 0 Å². The highest BCUT2D eigenvalue weighted by Gasteiger charge is 2.44. The van der Waals surface area contributed by atoms with Crippen LogP contribution in [-0.2, 0) is 9.47 Å². The molecule has 1 aliphatic rings. The Bertz CT molecular complexity index is 228. The Kier molecular flexibility index (Phi) is 4.28. The van der Waals surface area contributed by atoms with Gasteiger partial charge in [-0.1, -0.05) is 0 Å². The maximum absolute atomic E-state index is 9.67. The molecule has 0 spiro atoms. The van der Waals surface area contributed by atoms with Gasteiger partial charge in [0.15, 0.2) is 6.29 Å². The Morgan fingerprint density at radius 3 is 2.25 bits per heavy atom. The third-order valence-corrected chi connectivity index (χ3v) is 2.40. The molecule has 1 aliphatic heterocycles. The van der Waals surface area contributed by atoms with Crippen LogP contribution in [0.5, 0.6) is 0 Å². The zero-order chi connectivity index (χ0) is 12.5. The standard InChI is InChI=1S/C10H21NO5/c1-10(2,3)16-9-6(11)8(14)7(13)5(4-12)15-9/h5-9,12-14H,4,11H2,1-3H3/t5?,6?,7-,8?,9+/m1/s1. The minimum absolute atomic E-state index is 0.394. The highest BCUT2D eigenvalue weighted by Crippen LogP contribution is 2.24. The molecule has 6 heteroatoms. The van der Waals surface area contributed by atoms with Crippen molar-refractivity contribution in [2.45, 2.75) is 57.0 Å². The smallest absolute Gasteiger partial charge is 0.176 e. The first-order valence-corrected chi connectivity index (χ1v) is 5.32. The van der Waals surface area contributed by atoms with Crippen LogP contribution in [0, 0.1) is 0 Å². The number of hydrogen-bond donors (Lipinski definition) is 4. The minimum atomic E-state index is -1.19. The summed E-state index contributed by atoms with van der Waals surface area (Å²) in [5.41, 5.74) is 5.21. The number of rotatable bonds is 2. The molecular weight excluding hydrogens is 214 g/mol. The summed E-state index contributed by atoms with van der Waals surface area (Å²) in [6.07, 6.45) is -4.07. The van der Waals surface area contributed by atoms with Crippen LogP contribution in [0.2, 0.25) is 0 Å². The molecule has 1 rings (SSSR count). The van der Waals surface area contributed by atoms with Crippen LogP contribution in [0.25, 0.3) is 0 Å². The average molecular weight is 235 g/mol. The molecule has 5 atom stereocenters. The lowest BCUT2D eigenvalue weighted by Crippen LogP contribution is -2.63. The molecule has 0 aromatic heterocycles. The number of hydrogen-bond acceptors (Lipinski definition) is 6. The lowest BCUT2D eigenvalue weighted by molar-refractivity contribution is -0.289. The molecule has 1 heterocycles. The summed E-state index contributed by atoms with van der Waals surface area (Å²) in [5, 5.41) is 28.2. The monoisotopic (exact) mass is 235 g/mol. The molecule has 3 unspecified atom stereocenters. The van der Waals surface area contributed by atoms with Crippen LogP contribution >= 0.6 is 0 Å². The van der Waals surface area contributed by atoms with Gasteiger partial charge in [0.1, 0.15) is 18.3 Å². The largest absolute Gasteiger partial charge is 0.394 e. The maximum Gasteiger partial charge on any atom is 0.176 e. The fraction of sp³-hybridized carbons (Fsp3) is 1.00. The number of ether oxygens (including phenoxy) is 2. The zero-order valence-corrected chi connectivity index (χ0v) is 9.83. The summed E-state index contributed by atoms with van der Waals surface area (Å²) in [6.45, 7) is 5.09. The summed E-state index contributed by atoms with van der Waals surface area (Å²) in [7, 11) is 0. The summed E-state index contributed by atoms with van der Waals surface area (Å²) >= 11 is 0. The lowest BCUT2D eigenvalue weighted by atomic mass is 9.97. The molecule has 0 aliphatic carbocycles. The first-order chi connectivity index (χ1) is 7.26. The molecule has 1 fully saturated rings. The van der Waals surface area contributed by atoms with Crippen molar-refractivity contribution in [2.24, 2.45) is 5.73 Å². The third-order valence-electron chi connectivity index (χ3n) is 2.40. The van der Waals surface area contributed by atoms with E-state index in [1.807, 2.05) is 20.8 Å². The Morgan fingerprint density at radius 2 is 1.81 bits per heavy atom. The van der Waals surface area contributed by atoms with Gasteiger partial charge in [0.2, 0.25) is 0 Å². The molecule has 0 aromatic rings. The molecule has 0 saturated carbocycles. The van der Waals surface area contributed by atoms with Crippen molar-refractivity contribution in [1.29, 1.82) is 0 Å². The summed E-state index contributed by atoms with van der Waals surface area (Å²) in [5.74, 6) is 0. The number of nitrogens with two attached hydrogens (primary N) is 1. The fourth-order valence-electron chi connectivity index (χ4n) is 1.56. The molecule has 0 bridgehead atoms. The van der Waals surface area contributed by atoms with Crippen LogP contribution < -0.4 is 5.73 Å². The van der Waals surface area contributed by atoms with Crippen molar-refractivity contribution in [3.8, 4) is 0 Å². The van der Waals surface area contributed by atoms with Gasteiger partial charge in [0, 0.05) is 0 Å². The van der Waals surface area contributed by atoms with E-state index in [1.165, 1.54) is 0 Å². The second-order valence-corrected chi connectivity index (χ2v) is 5.01. The van der Waals surface area contributed by atoms with Crippen molar-refractivity contribution >= 4 is 0 Å². The molecule has 96 valence electrons. The zero-order valence-electron chi connectivity index (χ0n) is 9.83. The molecule has 0 radical (unpaired) electrons. The van der Waals surface area contributed by atoms with Gasteiger partial charge in [-0.15, -0.1) is 0 Å². The van der Waals surface area contributed by atoms with Gasteiger partial charge in [0.25, 0.3) is 0 Å². The van der Waals surface area contributed by atoms with E-state index in [9.17, 15) is 10.2 Å². The Labute approximate surface area is 95.0 Å². The van der Waals surface area contributed by atoms with Gasteiger partial charge in [-0.3, -0.25) is 0 Å². The molecule has 6 nitrogen and oxygen atoms in total. The summed E-state index contributed by atoms with van der Waals surface area (Å²) in [4.78, 5) is 0. The quantitative estimate of drug-likeness (QED) is 0.467. The van der Waals surface area contributed by atoms with E-state index < -0.39 is 42.9 Å². The van der Waals surface area contributed by atoms with Gasteiger partial charge in [-0.2, -0.15) is 0 Å². The van der Waals surface area contributed by atoms with E-state index in [4.69, 9.17) is 20.3 Å². The first kappa shape index (κ1) is 13.8. The SMILES string of the molecule is CC(C)(C)O[C@@H]1OC(CO)[C@@H](O)C(O)C1N. The molecule has 0 amide bonds. The van der Waals surface area contributed by atoms with Gasteiger partial charge in [-0.25, -0.2) is 0 Å². The first-order valence-electron chi connectivity index (χ1n) is 5.32. The number of aliphatic hydroxyl groups is 3. The van der Waals surface area contributed by atoms with Crippen molar-refractivity contribution in [1.82, 2.24) is 0 Å². The van der Waals surface area contributed by atoms with Crippen molar-refractivity contribution < 1.29 is 24.8 Å². The van der Waals surface area contributed by atoms with Gasteiger partial charge in [-0.05, 0) is 20.8 Å². The van der Waals surface area contributed by atoms with Crippen LogP contribution in [-0.4, -0.2) is 58.2 Å². The van der Waals surface area contributed by atoms with Crippen LogP contribution in [0.3, 0.4) is 0 Å².